The molecule has 2 aliphatic heterocycles. The van der Waals surface area contributed by atoms with Crippen molar-refractivity contribution in [1.82, 2.24) is 4.90 Å². The molecule has 0 saturated carbocycles. The molecule has 2 atom stereocenters. The van der Waals surface area contributed by atoms with Gasteiger partial charge in [0.2, 0.25) is 0 Å². The SMILES string of the molecule is COc1ccccc1CC(=O)N=C1S[C@@H]2CS(=O)(=O)C[C@H]2N1CCc1ccccc1. The molecule has 8 heteroatoms. The number of benzene rings is 2. The van der Waals surface area contributed by atoms with Crippen LogP contribution in [0.25, 0.3) is 0 Å². The Bertz CT molecular complexity index is 1050. The van der Waals surface area contributed by atoms with Crippen LogP contribution in [0.1, 0.15) is 11.1 Å². The third-order valence-corrected chi connectivity index (χ3v) is 8.66. The number of hydrogen-bond donors (Lipinski definition) is 0. The fourth-order valence-corrected chi connectivity index (χ4v) is 7.94. The van der Waals surface area contributed by atoms with Gasteiger partial charge >= 0.3 is 0 Å². The molecule has 2 aliphatic rings. The van der Waals surface area contributed by atoms with Gasteiger partial charge in [0, 0.05) is 17.4 Å². The number of sulfone groups is 1. The van der Waals surface area contributed by atoms with E-state index >= 15 is 0 Å². The minimum Gasteiger partial charge on any atom is -0.496 e. The molecule has 0 unspecified atom stereocenters. The van der Waals surface area contributed by atoms with E-state index in [1.165, 1.54) is 17.3 Å². The van der Waals surface area contributed by atoms with Gasteiger partial charge in [0.05, 0.1) is 31.1 Å². The molecule has 2 aromatic carbocycles. The van der Waals surface area contributed by atoms with Crippen LogP contribution in [0.2, 0.25) is 0 Å². The number of para-hydroxylation sites is 1. The second-order valence-corrected chi connectivity index (χ2v) is 10.9. The van der Waals surface area contributed by atoms with Crippen LogP contribution in [-0.4, -0.2) is 60.8 Å². The van der Waals surface area contributed by atoms with Gasteiger partial charge in [-0.2, -0.15) is 4.99 Å². The molecule has 158 valence electrons. The van der Waals surface area contributed by atoms with Crippen molar-refractivity contribution >= 4 is 32.7 Å². The van der Waals surface area contributed by atoms with Crippen molar-refractivity contribution in [2.45, 2.75) is 24.1 Å². The van der Waals surface area contributed by atoms with E-state index in [0.29, 0.717) is 17.5 Å². The summed E-state index contributed by atoms with van der Waals surface area (Å²) in [6.07, 6.45) is 0.915. The van der Waals surface area contributed by atoms with Crippen LogP contribution in [0, 0.1) is 0 Å². The van der Waals surface area contributed by atoms with Gasteiger partial charge in [-0.15, -0.1) is 0 Å². The Hall–Kier alpha value is -2.32. The highest BCUT2D eigenvalue weighted by Gasteiger charge is 2.48. The number of carbonyl (C=O) groups excluding carboxylic acids is 1. The number of hydrogen-bond acceptors (Lipinski definition) is 5. The average Bonchev–Trinajstić information content (AvgIpc) is 3.18. The monoisotopic (exact) mass is 444 g/mol. The highest BCUT2D eigenvalue weighted by molar-refractivity contribution is 8.15. The highest BCUT2D eigenvalue weighted by Crippen LogP contribution is 2.38. The number of carbonyl (C=O) groups is 1. The lowest BCUT2D eigenvalue weighted by atomic mass is 10.1. The summed E-state index contributed by atoms with van der Waals surface area (Å²) in [5.74, 6) is 0.673. The number of methoxy groups -OCH3 is 1. The molecule has 2 heterocycles. The molecule has 6 nitrogen and oxygen atoms in total. The molecule has 0 aromatic heterocycles. The third kappa shape index (κ3) is 4.70. The normalized spacial score (nSPS) is 23.5. The molecule has 2 fully saturated rings. The zero-order valence-electron chi connectivity index (χ0n) is 16.7. The van der Waals surface area contributed by atoms with Gasteiger partial charge in [-0.25, -0.2) is 8.42 Å². The van der Waals surface area contributed by atoms with Crippen molar-refractivity contribution < 1.29 is 17.9 Å². The summed E-state index contributed by atoms with van der Waals surface area (Å²) >= 11 is 1.42. The van der Waals surface area contributed by atoms with Gasteiger partial charge < -0.3 is 9.64 Å². The number of amidine groups is 1. The summed E-state index contributed by atoms with van der Waals surface area (Å²) < 4.78 is 29.6. The summed E-state index contributed by atoms with van der Waals surface area (Å²) in [5, 5.41) is 0.569. The van der Waals surface area contributed by atoms with E-state index in [4.69, 9.17) is 4.74 Å². The smallest absolute Gasteiger partial charge is 0.252 e. The Morgan fingerprint density at radius 1 is 1.13 bits per heavy atom. The Balaban J connectivity index is 1.53. The zero-order chi connectivity index (χ0) is 21.1. The molecule has 0 aliphatic carbocycles. The predicted molar refractivity (Wildman–Crippen MR) is 120 cm³/mol. The van der Waals surface area contributed by atoms with Crippen molar-refractivity contribution in [3.8, 4) is 5.75 Å². The number of nitrogens with zero attached hydrogens (tertiary/aromatic N) is 2. The Labute approximate surface area is 181 Å². The van der Waals surface area contributed by atoms with E-state index in [1.807, 2.05) is 47.4 Å². The van der Waals surface area contributed by atoms with Gasteiger partial charge in [0.25, 0.3) is 5.91 Å². The Morgan fingerprint density at radius 3 is 2.63 bits per heavy atom. The summed E-state index contributed by atoms with van der Waals surface area (Å²) in [6.45, 7) is 0.633. The average molecular weight is 445 g/mol. The van der Waals surface area contributed by atoms with Gasteiger partial charge in [-0.05, 0) is 18.1 Å². The van der Waals surface area contributed by atoms with Crippen molar-refractivity contribution in [2.24, 2.45) is 4.99 Å². The molecule has 2 saturated heterocycles. The molecule has 0 spiro atoms. The molecule has 2 aromatic rings. The molecule has 0 bridgehead atoms. The fraction of sp³-hybridized carbons (Fsp3) is 0.364. The molecule has 0 radical (unpaired) electrons. The van der Waals surface area contributed by atoms with Gasteiger partial charge in [-0.1, -0.05) is 60.3 Å². The lowest BCUT2D eigenvalue weighted by Gasteiger charge is -2.24. The zero-order valence-corrected chi connectivity index (χ0v) is 18.4. The van der Waals surface area contributed by atoms with Crippen LogP contribution in [0.5, 0.6) is 5.75 Å². The minimum atomic E-state index is -3.05. The van der Waals surface area contributed by atoms with Crippen LogP contribution in [-0.2, 0) is 27.5 Å². The minimum absolute atomic E-state index is 0.0661. The molecule has 4 rings (SSSR count). The maximum absolute atomic E-state index is 12.7. The molecular weight excluding hydrogens is 420 g/mol. The van der Waals surface area contributed by atoms with Crippen LogP contribution in [0.15, 0.2) is 59.6 Å². The van der Waals surface area contributed by atoms with Crippen LogP contribution in [0.4, 0.5) is 0 Å². The summed E-state index contributed by atoms with van der Waals surface area (Å²) in [4.78, 5) is 19.1. The quantitative estimate of drug-likeness (QED) is 0.682. The summed E-state index contributed by atoms with van der Waals surface area (Å²) in [6, 6.07) is 17.3. The van der Waals surface area contributed by atoms with Crippen molar-refractivity contribution in [3.05, 3.63) is 65.7 Å². The van der Waals surface area contributed by atoms with Crippen LogP contribution >= 0.6 is 11.8 Å². The number of fused-ring (bicyclic) bond motifs is 1. The maximum atomic E-state index is 12.7. The Morgan fingerprint density at radius 2 is 1.87 bits per heavy atom. The highest BCUT2D eigenvalue weighted by atomic mass is 32.2. The topological polar surface area (TPSA) is 76.0 Å². The first-order valence-corrected chi connectivity index (χ1v) is 12.6. The second-order valence-electron chi connectivity index (χ2n) is 7.51. The van der Waals surface area contributed by atoms with E-state index < -0.39 is 9.84 Å². The largest absolute Gasteiger partial charge is 0.496 e. The van der Waals surface area contributed by atoms with E-state index in [2.05, 4.69) is 17.1 Å². The summed E-state index contributed by atoms with van der Waals surface area (Å²) in [5.41, 5.74) is 1.96. The van der Waals surface area contributed by atoms with Crippen LogP contribution in [0.3, 0.4) is 0 Å². The van der Waals surface area contributed by atoms with Crippen LogP contribution < -0.4 is 4.74 Å². The predicted octanol–water partition coefficient (Wildman–Crippen LogP) is 2.58. The maximum Gasteiger partial charge on any atom is 0.252 e. The number of thioether (sulfide) groups is 1. The van der Waals surface area contributed by atoms with Crippen molar-refractivity contribution in [2.75, 3.05) is 25.2 Å². The van der Waals surface area contributed by atoms with Gasteiger partial charge in [0.15, 0.2) is 15.0 Å². The lowest BCUT2D eigenvalue weighted by molar-refractivity contribution is -0.117. The first-order chi connectivity index (χ1) is 14.4. The number of ether oxygens (including phenoxy) is 1. The van der Waals surface area contributed by atoms with Crippen molar-refractivity contribution in [3.63, 3.8) is 0 Å². The molecule has 1 amide bonds. The van der Waals surface area contributed by atoms with E-state index in [-0.39, 0.29) is 35.1 Å². The molecule has 30 heavy (non-hydrogen) atoms. The fourth-order valence-electron chi connectivity index (χ4n) is 3.95. The standard InChI is InChI=1S/C22H24N2O4S2/c1-28-19-10-6-5-9-17(19)13-21(25)23-22-24(12-11-16-7-3-2-4-8-16)18-14-30(26,27)15-20(18)29-22/h2-10,18,20H,11-15H2,1H3/t18-,20-/m1/s1. The van der Waals surface area contributed by atoms with Gasteiger partial charge in [-0.3, -0.25) is 4.79 Å². The first-order valence-electron chi connectivity index (χ1n) is 9.86. The molecular formula is C22H24N2O4S2. The first kappa shape index (κ1) is 20.9. The molecule has 0 N–H and O–H groups in total. The second kappa shape index (κ2) is 8.81. The lowest BCUT2D eigenvalue weighted by Crippen LogP contribution is -2.39. The van der Waals surface area contributed by atoms with E-state index in [0.717, 1.165) is 12.0 Å². The van der Waals surface area contributed by atoms with Gasteiger partial charge in [0.1, 0.15) is 5.75 Å². The van der Waals surface area contributed by atoms with E-state index in [9.17, 15) is 13.2 Å². The number of aliphatic imine (C=N–C) groups is 1. The Kier molecular flexibility index (Phi) is 6.15. The number of rotatable bonds is 6. The summed E-state index contributed by atoms with van der Waals surface area (Å²) in [7, 11) is -1.47. The number of amides is 1. The van der Waals surface area contributed by atoms with E-state index in [1.54, 1.807) is 7.11 Å². The van der Waals surface area contributed by atoms with Crippen molar-refractivity contribution in [1.29, 1.82) is 0 Å². The third-order valence-electron chi connectivity index (χ3n) is 5.41.